The summed E-state index contributed by atoms with van der Waals surface area (Å²) in [4.78, 5) is 0. The lowest BCUT2D eigenvalue weighted by molar-refractivity contribution is 1.49. The van der Waals surface area contributed by atoms with Crippen LogP contribution in [0.25, 0.3) is 21.9 Å². The second-order valence-corrected chi connectivity index (χ2v) is 4.60. The molecule has 0 aliphatic rings. The number of rotatable bonds is 1. The molecule has 1 heteroatoms. The van der Waals surface area contributed by atoms with Crippen LogP contribution in [-0.2, 0) is 0 Å². The van der Waals surface area contributed by atoms with E-state index in [1.165, 1.54) is 27.5 Å². The first-order valence-electron chi connectivity index (χ1n) is 6.10. The number of benzene rings is 3. The SMILES string of the molecule is [B]c1ccc(-c2c(C)ccc3ccccc23)cc1. The van der Waals surface area contributed by atoms with Gasteiger partial charge in [-0.25, -0.2) is 0 Å². The van der Waals surface area contributed by atoms with E-state index in [2.05, 4.69) is 55.5 Å². The van der Waals surface area contributed by atoms with Crippen LogP contribution in [0, 0.1) is 6.92 Å². The van der Waals surface area contributed by atoms with Gasteiger partial charge in [-0.15, -0.1) is 0 Å². The van der Waals surface area contributed by atoms with Crippen LogP contribution in [0.3, 0.4) is 0 Å². The van der Waals surface area contributed by atoms with Gasteiger partial charge in [-0.2, -0.15) is 0 Å². The first-order valence-corrected chi connectivity index (χ1v) is 6.10. The van der Waals surface area contributed by atoms with Crippen molar-refractivity contribution in [3.8, 4) is 11.1 Å². The molecule has 84 valence electrons. The van der Waals surface area contributed by atoms with Crippen molar-refractivity contribution < 1.29 is 0 Å². The fourth-order valence-electron chi connectivity index (χ4n) is 2.41. The van der Waals surface area contributed by atoms with Crippen molar-refractivity contribution in [2.24, 2.45) is 0 Å². The molecule has 18 heavy (non-hydrogen) atoms. The summed E-state index contributed by atoms with van der Waals surface area (Å²) < 4.78 is 0. The number of hydrogen-bond donors (Lipinski definition) is 0. The van der Waals surface area contributed by atoms with Crippen molar-refractivity contribution in [3.05, 3.63) is 66.2 Å². The van der Waals surface area contributed by atoms with Crippen LogP contribution in [0.4, 0.5) is 0 Å². The highest BCUT2D eigenvalue weighted by atomic mass is 14.1. The molecule has 0 nitrogen and oxygen atoms in total. The predicted octanol–water partition coefficient (Wildman–Crippen LogP) is 3.61. The van der Waals surface area contributed by atoms with Gasteiger partial charge in [0.2, 0.25) is 0 Å². The van der Waals surface area contributed by atoms with Gasteiger partial charge in [0.25, 0.3) is 0 Å². The highest BCUT2D eigenvalue weighted by molar-refractivity contribution is 6.32. The Morgan fingerprint density at radius 2 is 1.50 bits per heavy atom. The molecule has 0 bridgehead atoms. The Bertz CT molecular complexity index is 696. The van der Waals surface area contributed by atoms with Crippen molar-refractivity contribution >= 4 is 24.1 Å². The van der Waals surface area contributed by atoms with Gasteiger partial charge in [0.1, 0.15) is 7.85 Å². The smallest absolute Gasteiger partial charge is 0.0966 e. The van der Waals surface area contributed by atoms with Crippen molar-refractivity contribution in [2.45, 2.75) is 6.92 Å². The van der Waals surface area contributed by atoms with Crippen molar-refractivity contribution in [2.75, 3.05) is 0 Å². The Morgan fingerprint density at radius 1 is 0.778 bits per heavy atom. The molecule has 0 fully saturated rings. The minimum atomic E-state index is 0.802. The molecule has 0 heterocycles. The average molecular weight is 228 g/mol. The monoisotopic (exact) mass is 228 g/mol. The minimum Gasteiger partial charge on any atom is -0.0966 e. The second kappa shape index (κ2) is 4.34. The van der Waals surface area contributed by atoms with Gasteiger partial charge >= 0.3 is 0 Å². The van der Waals surface area contributed by atoms with Crippen LogP contribution in [0.1, 0.15) is 5.56 Å². The van der Waals surface area contributed by atoms with Crippen molar-refractivity contribution in [1.82, 2.24) is 0 Å². The Labute approximate surface area is 109 Å². The third-order valence-electron chi connectivity index (χ3n) is 3.34. The van der Waals surface area contributed by atoms with Gasteiger partial charge in [0.15, 0.2) is 0 Å². The van der Waals surface area contributed by atoms with Crippen LogP contribution in [-0.4, -0.2) is 7.85 Å². The summed E-state index contributed by atoms with van der Waals surface area (Å²) in [7, 11) is 5.76. The fourth-order valence-corrected chi connectivity index (χ4v) is 2.41. The van der Waals surface area contributed by atoms with Gasteiger partial charge in [0, 0.05) is 0 Å². The van der Waals surface area contributed by atoms with Gasteiger partial charge in [-0.1, -0.05) is 66.1 Å². The molecule has 0 aliphatic heterocycles. The summed E-state index contributed by atoms with van der Waals surface area (Å²) in [6.45, 7) is 2.15. The molecule has 0 unspecified atom stereocenters. The van der Waals surface area contributed by atoms with E-state index in [4.69, 9.17) is 7.85 Å². The van der Waals surface area contributed by atoms with Gasteiger partial charge < -0.3 is 0 Å². The van der Waals surface area contributed by atoms with E-state index in [-0.39, 0.29) is 0 Å². The maximum atomic E-state index is 5.76. The molecule has 0 saturated heterocycles. The normalized spacial score (nSPS) is 10.7. The Kier molecular flexibility index (Phi) is 2.68. The van der Waals surface area contributed by atoms with E-state index in [0.29, 0.717) is 0 Å². The first-order chi connectivity index (χ1) is 8.75. The van der Waals surface area contributed by atoms with E-state index < -0.39 is 0 Å². The van der Waals surface area contributed by atoms with E-state index in [0.717, 1.165) is 5.46 Å². The maximum Gasteiger partial charge on any atom is 0.113 e. The van der Waals surface area contributed by atoms with Crippen LogP contribution in [0.2, 0.25) is 0 Å². The summed E-state index contributed by atoms with van der Waals surface area (Å²) >= 11 is 0. The first kappa shape index (κ1) is 11.1. The third-order valence-corrected chi connectivity index (χ3v) is 3.34. The van der Waals surface area contributed by atoms with Crippen molar-refractivity contribution in [3.63, 3.8) is 0 Å². The van der Waals surface area contributed by atoms with E-state index in [1.54, 1.807) is 0 Å². The molecule has 0 saturated carbocycles. The molecule has 3 aromatic carbocycles. The molecule has 0 N–H and O–H groups in total. The second-order valence-electron chi connectivity index (χ2n) is 4.60. The molecule has 0 atom stereocenters. The predicted molar refractivity (Wildman–Crippen MR) is 79.5 cm³/mol. The lowest BCUT2D eigenvalue weighted by atomic mass is 9.90. The molecule has 0 aromatic heterocycles. The van der Waals surface area contributed by atoms with E-state index in [1.807, 2.05) is 12.1 Å². The molecule has 0 spiro atoms. The maximum absolute atomic E-state index is 5.76. The standard InChI is InChI=1S/C17H13B/c1-12-6-7-13-4-2-3-5-16(13)17(12)14-8-10-15(18)11-9-14/h2-11H,1H3. The summed E-state index contributed by atoms with van der Waals surface area (Å²) in [5, 5.41) is 2.57. The minimum absolute atomic E-state index is 0.802. The molecular formula is C17H13B. The number of fused-ring (bicyclic) bond motifs is 1. The third kappa shape index (κ3) is 1.82. The zero-order chi connectivity index (χ0) is 12.5. The highest BCUT2D eigenvalue weighted by Crippen LogP contribution is 2.31. The molecular weight excluding hydrogens is 215 g/mol. The van der Waals surface area contributed by atoms with Gasteiger partial charge in [-0.05, 0) is 34.4 Å². The zero-order valence-corrected chi connectivity index (χ0v) is 10.4. The fraction of sp³-hybridized carbons (Fsp3) is 0.0588. The summed E-state index contributed by atoms with van der Waals surface area (Å²) in [5.41, 5.74) is 4.61. The zero-order valence-electron chi connectivity index (χ0n) is 10.4. The van der Waals surface area contributed by atoms with Crippen LogP contribution >= 0.6 is 0 Å². The molecule has 0 aliphatic carbocycles. The van der Waals surface area contributed by atoms with Crippen LogP contribution in [0.15, 0.2) is 60.7 Å². The molecule has 3 rings (SSSR count). The lowest BCUT2D eigenvalue weighted by Gasteiger charge is -2.11. The summed E-state index contributed by atoms with van der Waals surface area (Å²) in [6, 6.07) is 20.9. The van der Waals surface area contributed by atoms with E-state index in [9.17, 15) is 0 Å². The van der Waals surface area contributed by atoms with Gasteiger partial charge in [-0.3, -0.25) is 0 Å². The lowest BCUT2D eigenvalue weighted by Crippen LogP contribution is -1.99. The van der Waals surface area contributed by atoms with E-state index >= 15 is 0 Å². The Hall–Kier alpha value is -2.02. The quantitative estimate of drug-likeness (QED) is 0.558. The number of aryl methyl sites for hydroxylation is 1. The largest absolute Gasteiger partial charge is 0.113 e. The van der Waals surface area contributed by atoms with Crippen LogP contribution < -0.4 is 5.46 Å². The number of hydrogen-bond acceptors (Lipinski definition) is 0. The molecule has 2 radical (unpaired) electrons. The topological polar surface area (TPSA) is 0 Å². The Balaban J connectivity index is 2.33. The summed E-state index contributed by atoms with van der Waals surface area (Å²) in [5.74, 6) is 0. The summed E-state index contributed by atoms with van der Waals surface area (Å²) in [6.07, 6.45) is 0. The Morgan fingerprint density at radius 3 is 2.28 bits per heavy atom. The van der Waals surface area contributed by atoms with Gasteiger partial charge in [0.05, 0.1) is 0 Å². The molecule has 0 amide bonds. The highest BCUT2D eigenvalue weighted by Gasteiger charge is 2.06. The molecule has 3 aromatic rings. The average Bonchev–Trinajstić information content (AvgIpc) is 2.40. The van der Waals surface area contributed by atoms with Crippen molar-refractivity contribution in [1.29, 1.82) is 0 Å². The van der Waals surface area contributed by atoms with Crippen LogP contribution in [0.5, 0.6) is 0 Å².